The lowest BCUT2D eigenvalue weighted by Crippen LogP contribution is -2.31. The Morgan fingerprint density at radius 1 is 1.04 bits per heavy atom. The molecule has 1 aliphatic rings. The summed E-state index contributed by atoms with van der Waals surface area (Å²) in [5.74, 6) is 0.855. The summed E-state index contributed by atoms with van der Waals surface area (Å²) in [6.45, 7) is 0.688. The van der Waals surface area contributed by atoms with Crippen LogP contribution in [0.25, 0.3) is 10.9 Å². The smallest absolute Gasteiger partial charge is 0.246 e. The van der Waals surface area contributed by atoms with Crippen molar-refractivity contribution >= 4 is 20.9 Å². The fourth-order valence-corrected chi connectivity index (χ4v) is 4.91. The topological polar surface area (TPSA) is 68.7 Å². The van der Waals surface area contributed by atoms with Crippen LogP contribution >= 0.6 is 0 Å². The van der Waals surface area contributed by atoms with Crippen LogP contribution in [0.4, 0.5) is 0 Å². The molecule has 1 unspecified atom stereocenters. The molecule has 1 aromatic heterocycles. The summed E-state index contributed by atoms with van der Waals surface area (Å²) < 4.78 is 38.5. The summed E-state index contributed by atoms with van der Waals surface area (Å²) in [7, 11) is -2.17. The van der Waals surface area contributed by atoms with Crippen molar-refractivity contribution in [1.29, 1.82) is 0 Å². The normalized spacial score (nSPS) is 17.9. The summed E-state index contributed by atoms with van der Waals surface area (Å²) in [4.78, 5) is 4.68. The Morgan fingerprint density at radius 3 is 2.67 bits per heavy atom. The Morgan fingerprint density at radius 2 is 1.81 bits per heavy atom. The van der Waals surface area contributed by atoms with Gasteiger partial charge in [0.05, 0.1) is 19.2 Å². The van der Waals surface area contributed by atoms with Crippen molar-refractivity contribution in [3.8, 4) is 11.6 Å². The number of hydrogen-bond donors (Lipinski definition) is 0. The number of fused-ring (bicyclic) bond motifs is 1. The van der Waals surface area contributed by atoms with E-state index in [0.29, 0.717) is 24.6 Å². The number of methoxy groups -OCH3 is 1. The largest absolute Gasteiger partial charge is 0.495 e. The van der Waals surface area contributed by atoms with E-state index in [2.05, 4.69) is 4.98 Å². The maximum absolute atomic E-state index is 13.0. The van der Waals surface area contributed by atoms with E-state index in [1.54, 1.807) is 24.3 Å². The standard InChI is InChI=1S/C20H20N2O4S/c1-25-18-8-4-5-9-19(18)27(23,24)22-13-12-16(14-22)26-20-11-10-15-6-2-3-7-17(15)21-20/h2-11,16H,12-14H2,1H3. The predicted molar refractivity (Wildman–Crippen MR) is 103 cm³/mol. The molecule has 27 heavy (non-hydrogen) atoms. The van der Waals surface area contributed by atoms with Gasteiger partial charge in [-0.1, -0.05) is 30.3 Å². The highest BCUT2D eigenvalue weighted by Gasteiger charge is 2.35. The van der Waals surface area contributed by atoms with Gasteiger partial charge in [0.15, 0.2) is 0 Å². The van der Waals surface area contributed by atoms with Crippen LogP contribution in [-0.4, -0.2) is 44.0 Å². The minimum atomic E-state index is -3.63. The number of nitrogens with zero attached hydrogens (tertiary/aromatic N) is 2. The average Bonchev–Trinajstić information content (AvgIpc) is 3.17. The Hall–Kier alpha value is -2.64. The Kier molecular flexibility index (Phi) is 4.72. The maximum atomic E-state index is 13.0. The van der Waals surface area contributed by atoms with Crippen LogP contribution in [0, 0.1) is 0 Å². The van der Waals surface area contributed by atoms with Gasteiger partial charge in [0, 0.05) is 18.0 Å². The summed E-state index contributed by atoms with van der Waals surface area (Å²) in [5, 5.41) is 1.04. The molecule has 1 saturated heterocycles. The molecule has 0 radical (unpaired) electrons. The van der Waals surface area contributed by atoms with E-state index < -0.39 is 10.0 Å². The first-order valence-corrected chi connectivity index (χ1v) is 10.2. The van der Waals surface area contributed by atoms with Gasteiger partial charge < -0.3 is 9.47 Å². The minimum absolute atomic E-state index is 0.178. The number of pyridine rings is 1. The lowest BCUT2D eigenvalue weighted by Gasteiger charge is -2.18. The van der Waals surface area contributed by atoms with Crippen molar-refractivity contribution in [2.45, 2.75) is 17.4 Å². The number of benzene rings is 2. The lowest BCUT2D eigenvalue weighted by atomic mass is 10.2. The second-order valence-corrected chi connectivity index (χ2v) is 8.29. The van der Waals surface area contributed by atoms with E-state index in [0.717, 1.165) is 10.9 Å². The number of ether oxygens (including phenoxy) is 2. The number of para-hydroxylation sites is 2. The third kappa shape index (κ3) is 3.48. The first-order valence-electron chi connectivity index (χ1n) is 8.73. The number of rotatable bonds is 5. The first-order chi connectivity index (χ1) is 13.1. The van der Waals surface area contributed by atoms with Gasteiger partial charge in [0.1, 0.15) is 16.7 Å². The SMILES string of the molecule is COc1ccccc1S(=O)(=O)N1CCC(Oc2ccc3ccccc3n2)C1. The molecule has 0 N–H and O–H groups in total. The molecule has 0 bridgehead atoms. The molecule has 3 aromatic rings. The lowest BCUT2D eigenvalue weighted by molar-refractivity contribution is 0.207. The zero-order valence-corrected chi connectivity index (χ0v) is 15.7. The summed E-state index contributed by atoms with van der Waals surface area (Å²) >= 11 is 0. The quantitative estimate of drug-likeness (QED) is 0.676. The van der Waals surface area contributed by atoms with Crippen molar-refractivity contribution in [1.82, 2.24) is 9.29 Å². The molecule has 0 spiro atoms. The van der Waals surface area contributed by atoms with Gasteiger partial charge in [0.2, 0.25) is 15.9 Å². The molecule has 6 nitrogen and oxygen atoms in total. The van der Waals surface area contributed by atoms with Crippen LogP contribution in [0.2, 0.25) is 0 Å². The fourth-order valence-electron chi connectivity index (χ4n) is 3.27. The highest BCUT2D eigenvalue weighted by atomic mass is 32.2. The van der Waals surface area contributed by atoms with Crippen molar-refractivity contribution in [2.75, 3.05) is 20.2 Å². The van der Waals surface area contributed by atoms with Crippen LogP contribution in [0.5, 0.6) is 11.6 Å². The van der Waals surface area contributed by atoms with E-state index in [4.69, 9.17) is 9.47 Å². The molecular formula is C20H20N2O4S. The molecule has 0 amide bonds. The highest BCUT2D eigenvalue weighted by Crippen LogP contribution is 2.29. The molecule has 0 saturated carbocycles. The van der Waals surface area contributed by atoms with Crippen LogP contribution in [0.3, 0.4) is 0 Å². The molecule has 1 atom stereocenters. The molecule has 1 aliphatic heterocycles. The molecule has 0 aliphatic carbocycles. The van der Waals surface area contributed by atoms with Gasteiger partial charge in [0.25, 0.3) is 0 Å². The minimum Gasteiger partial charge on any atom is -0.495 e. The number of aromatic nitrogens is 1. The van der Waals surface area contributed by atoms with Crippen LogP contribution in [0.1, 0.15) is 6.42 Å². The molecule has 2 heterocycles. The molecule has 4 rings (SSSR count). The van der Waals surface area contributed by atoms with Crippen molar-refractivity contribution in [3.63, 3.8) is 0 Å². The maximum Gasteiger partial charge on any atom is 0.246 e. The van der Waals surface area contributed by atoms with E-state index in [9.17, 15) is 8.42 Å². The fraction of sp³-hybridized carbons (Fsp3) is 0.250. The van der Waals surface area contributed by atoms with Crippen molar-refractivity contribution in [2.24, 2.45) is 0 Å². The van der Waals surface area contributed by atoms with E-state index >= 15 is 0 Å². The van der Waals surface area contributed by atoms with Crippen molar-refractivity contribution in [3.05, 3.63) is 60.7 Å². The molecule has 2 aromatic carbocycles. The Balaban J connectivity index is 1.51. The van der Waals surface area contributed by atoms with Crippen LogP contribution in [-0.2, 0) is 10.0 Å². The van der Waals surface area contributed by atoms with Crippen LogP contribution in [0.15, 0.2) is 65.6 Å². The number of sulfonamides is 1. The zero-order valence-electron chi connectivity index (χ0n) is 14.9. The summed E-state index contributed by atoms with van der Waals surface area (Å²) in [6.07, 6.45) is 0.381. The van der Waals surface area contributed by atoms with E-state index in [-0.39, 0.29) is 17.5 Å². The number of hydrogen-bond acceptors (Lipinski definition) is 5. The Labute approximate surface area is 158 Å². The average molecular weight is 384 g/mol. The van der Waals surface area contributed by atoms with Gasteiger partial charge in [-0.15, -0.1) is 0 Å². The Bertz CT molecular complexity index is 1070. The van der Waals surface area contributed by atoms with Gasteiger partial charge in [-0.25, -0.2) is 13.4 Å². The van der Waals surface area contributed by atoms with Gasteiger partial charge in [-0.05, 0) is 30.7 Å². The molecule has 140 valence electrons. The molecule has 1 fully saturated rings. The second kappa shape index (κ2) is 7.17. The van der Waals surface area contributed by atoms with E-state index in [1.807, 2.05) is 36.4 Å². The van der Waals surface area contributed by atoms with Gasteiger partial charge in [-0.3, -0.25) is 0 Å². The highest BCUT2D eigenvalue weighted by molar-refractivity contribution is 7.89. The second-order valence-electron chi connectivity index (χ2n) is 6.38. The summed E-state index contributed by atoms with van der Waals surface area (Å²) in [6, 6.07) is 18.2. The third-order valence-electron chi connectivity index (χ3n) is 4.65. The first kappa shape index (κ1) is 17.8. The van der Waals surface area contributed by atoms with Crippen molar-refractivity contribution < 1.29 is 17.9 Å². The van der Waals surface area contributed by atoms with Gasteiger partial charge >= 0.3 is 0 Å². The summed E-state index contributed by atoms with van der Waals surface area (Å²) in [5.41, 5.74) is 0.853. The van der Waals surface area contributed by atoms with Gasteiger partial charge in [-0.2, -0.15) is 4.31 Å². The molecular weight excluding hydrogens is 364 g/mol. The monoisotopic (exact) mass is 384 g/mol. The molecule has 7 heteroatoms. The van der Waals surface area contributed by atoms with Crippen LogP contribution < -0.4 is 9.47 Å². The van der Waals surface area contributed by atoms with E-state index in [1.165, 1.54) is 11.4 Å². The predicted octanol–water partition coefficient (Wildman–Crippen LogP) is 3.09. The third-order valence-corrected chi connectivity index (χ3v) is 6.56. The zero-order chi connectivity index (χ0) is 18.9.